The van der Waals surface area contributed by atoms with Gasteiger partial charge in [0.2, 0.25) is 0 Å². The highest BCUT2D eigenvalue weighted by molar-refractivity contribution is 5.11. The van der Waals surface area contributed by atoms with E-state index < -0.39 is 0 Å². The number of methoxy groups -OCH3 is 1. The molecule has 0 saturated heterocycles. The van der Waals surface area contributed by atoms with Crippen LogP contribution in [0.5, 0.6) is 0 Å². The molecule has 0 bridgehead atoms. The summed E-state index contributed by atoms with van der Waals surface area (Å²) < 4.78 is 5.61. The highest BCUT2D eigenvalue weighted by Gasteiger charge is 2.61. The van der Waals surface area contributed by atoms with Gasteiger partial charge in [-0.25, -0.2) is 0 Å². The van der Waals surface area contributed by atoms with Crippen molar-refractivity contribution in [3.05, 3.63) is 0 Å². The molecule has 9 atom stereocenters. The Labute approximate surface area is 140 Å². The van der Waals surface area contributed by atoms with Crippen LogP contribution in [-0.2, 0) is 4.74 Å². The highest BCUT2D eigenvalue weighted by atomic mass is 16.5. The summed E-state index contributed by atoms with van der Waals surface area (Å²) in [6, 6.07) is 0. The van der Waals surface area contributed by atoms with E-state index in [1.54, 1.807) is 7.11 Å². The van der Waals surface area contributed by atoms with Gasteiger partial charge in [-0.1, -0.05) is 20.3 Å². The molecule has 4 aliphatic rings. The van der Waals surface area contributed by atoms with Gasteiger partial charge in [0.1, 0.15) is 0 Å². The van der Waals surface area contributed by atoms with Gasteiger partial charge in [-0.15, -0.1) is 0 Å². The van der Waals surface area contributed by atoms with Gasteiger partial charge in [-0.05, 0) is 79.4 Å². The fourth-order valence-corrected chi connectivity index (χ4v) is 7.63. The predicted molar refractivity (Wildman–Crippen MR) is 89.9 cm³/mol. The summed E-state index contributed by atoms with van der Waals surface area (Å²) in [5, 5.41) is 21.5. The minimum Gasteiger partial charge on any atom is -0.393 e. The second-order valence-corrected chi connectivity index (χ2v) is 9.68. The zero-order valence-electron chi connectivity index (χ0n) is 15.0. The quantitative estimate of drug-likeness (QED) is 0.778. The molecule has 0 aliphatic heterocycles. The van der Waals surface area contributed by atoms with Crippen molar-refractivity contribution >= 4 is 0 Å². The van der Waals surface area contributed by atoms with Gasteiger partial charge in [-0.2, -0.15) is 0 Å². The van der Waals surface area contributed by atoms with Crippen molar-refractivity contribution in [1.82, 2.24) is 0 Å². The van der Waals surface area contributed by atoms with E-state index in [1.165, 1.54) is 32.1 Å². The smallest absolute Gasteiger partial charge is 0.0835 e. The maximum Gasteiger partial charge on any atom is 0.0835 e. The molecule has 0 aromatic carbocycles. The Morgan fingerprint density at radius 1 is 1.00 bits per heavy atom. The SMILES string of the molecule is CO[C@H]1C[C@@]2(C)[C@@H](CC[C@H]3C4CCC[C@@]4(C)C[C@H](O)[C@@H]32)C[C@@H]1O. The van der Waals surface area contributed by atoms with Gasteiger partial charge in [0.25, 0.3) is 0 Å². The Kier molecular flexibility index (Phi) is 3.87. The number of ether oxygens (including phenoxy) is 1. The molecule has 132 valence electrons. The van der Waals surface area contributed by atoms with E-state index in [1.807, 2.05) is 0 Å². The van der Waals surface area contributed by atoms with Crippen LogP contribution < -0.4 is 0 Å². The van der Waals surface area contributed by atoms with E-state index >= 15 is 0 Å². The number of hydrogen-bond donors (Lipinski definition) is 2. The first kappa shape index (κ1) is 16.4. The second-order valence-electron chi connectivity index (χ2n) is 9.68. The normalized spacial score (nSPS) is 59.1. The largest absolute Gasteiger partial charge is 0.393 e. The number of rotatable bonds is 1. The predicted octanol–water partition coefficient (Wildman–Crippen LogP) is 3.38. The average Bonchev–Trinajstić information content (AvgIpc) is 2.88. The fraction of sp³-hybridized carbons (Fsp3) is 1.00. The van der Waals surface area contributed by atoms with E-state index in [0.29, 0.717) is 23.2 Å². The third-order valence-corrected chi connectivity index (χ3v) is 8.67. The molecule has 23 heavy (non-hydrogen) atoms. The third-order valence-electron chi connectivity index (χ3n) is 8.67. The van der Waals surface area contributed by atoms with Gasteiger partial charge in [0, 0.05) is 7.11 Å². The molecule has 4 aliphatic carbocycles. The molecule has 4 rings (SSSR count). The summed E-state index contributed by atoms with van der Waals surface area (Å²) in [6.45, 7) is 4.83. The van der Waals surface area contributed by atoms with Gasteiger partial charge in [0.05, 0.1) is 18.3 Å². The van der Waals surface area contributed by atoms with Crippen molar-refractivity contribution in [3.8, 4) is 0 Å². The van der Waals surface area contributed by atoms with Crippen LogP contribution in [0.4, 0.5) is 0 Å². The topological polar surface area (TPSA) is 49.7 Å². The van der Waals surface area contributed by atoms with Crippen LogP contribution in [0.1, 0.15) is 65.2 Å². The minimum absolute atomic E-state index is 0.0564. The Balaban J connectivity index is 1.67. The molecule has 3 nitrogen and oxygen atoms in total. The maximum absolute atomic E-state index is 11.1. The monoisotopic (exact) mass is 322 g/mol. The van der Waals surface area contributed by atoms with Crippen molar-refractivity contribution in [2.75, 3.05) is 7.11 Å². The lowest BCUT2D eigenvalue weighted by molar-refractivity contribution is -0.196. The first-order chi connectivity index (χ1) is 10.9. The molecule has 0 aromatic rings. The van der Waals surface area contributed by atoms with Gasteiger partial charge >= 0.3 is 0 Å². The Morgan fingerprint density at radius 2 is 1.78 bits per heavy atom. The molecule has 4 saturated carbocycles. The lowest BCUT2D eigenvalue weighted by Gasteiger charge is -2.62. The van der Waals surface area contributed by atoms with Crippen LogP contribution in [0.25, 0.3) is 0 Å². The highest BCUT2D eigenvalue weighted by Crippen LogP contribution is 2.66. The van der Waals surface area contributed by atoms with Crippen molar-refractivity contribution in [1.29, 1.82) is 0 Å². The van der Waals surface area contributed by atoms with Gasteiger partial charge in [-0.3, -0.25) is 0 Å². The van der Waals surface area contributed by atoms with Crippen LogP contribution in [0.2, 0.25) is 0 Å². The standard InChI is InChI=1S/C20H34O3/c1-19-8-4-5-14(19)13-7-6-12-9-15(21)17(23-3)11-20(12,2)18(13)16(22)10-19/h12-18,21-22H,4-11H2,1-3H3/t12-,13-,14?,15-,16-,17-,18+,19-,20-/m0/s1. The summed E-state index contributed by atoms with van der Waals surface area (Å²) in [5.74, 6) is 2.44. The lowest BCUT2D eigenvalue weighted by atomic mass is 9.44. The third kappa shape index (κ3) is 2.26. The van der Waals surface area contributed by atoms with Crippen LogP contribution in [-0.4, -0.2) is 35.6 Å². The first-order valence-electron chi connectivity index (χ1n) is 9.78. The van der Waals surface area contributed by atoms with Crippen molar-refractivity contribution in [2.24, 2.45) is 34.5 Å². The number of aliphatic hydroxyl groups is 2. The maximum atomic E-state index is 11.1. The fourth-order valence-electron chi connectivity index (χ4n) is 7.63. The zero-order chi connectivity index (χ0) is 16.4. The summed E-state index contributed by atoms with van der Waals surface area (Å²) in [7, 11) is 1.73. The second kappa shape index (κ2) is 5.44. The molecule has 0 heterocycles. The molecule has 2 N–H and O–H groups in total. The molecule has 1 unspecified atom stereocenters. The van der Waals surface area contributed by atoms with Crippen LogP contribution in [0.15, 0.2) is 0 Å². The minimum atomic E-state index is -0.327. The lowest BCUT2D eigenvalue weighted by Crippen LogP contribution is -2.60. The molecule has 0 amide bonds. The van der Waals surface area contributed by atoms with E-state index in [-0.39, 0.29) is 23.7 Å². The summed E-state index contributed by atoms with van der Waals surface area (Å²) >= 11 is 0. The van der Waals surface area contributed by atoms with E-state index in [4.69, 9.17) is 4.74 Å². The molecular weight excluding hydrogens is 288 g/mol. The zero-order valence-corrected chi connectivity index (χ0v) is 15.0. The molecule has 4 fully saturated rings. The van der Waals surface area contributed by atoms with Crippen molar-refractivity contribution in [3.63, 3.8) is 0 Å². The first-order valence-corrected chi connectivity index (χ1v) is 9.78. The van der Waals surface area contributed by atoms with Crippen molar-refractivity contribution in [2.45, 2.75) is 83.5 Å². The molecule has 0 spiro atoms. The van der Waals surface area contributed by atoms with Crippen LogP contribution in [0, 0.1) is 34.5 Å². The number of aliphatic hydroxyl groups excluding tert-OH is 2. The molecular formula is C20H34O3. The molecule has 3 heteroatoms. The van der Waals surface area contributed by atoms with Gasteiger partial charge < -0.3 is 14.9 Å². The molecule has 0 radical (unpaired) electrons. The Hall–Kier alpha value is -0.120. The van der Waals surface area contributed by atoms with Crippen LogP contribution in [0.3, 0.4) is 0 Å². The summed E-state index contributed by atoms with van der Waals surface area (Å²) in [5.41, 5.74) is 0.505. The van der Waals surface area contributed by atoms with E-state index in [0.717, 1.165) is 25.2 Å². The van der Waals surface area contributed by atoms with Crippen LogP contribution >= 0.6 is 0 Å². The summed E-state index contributed by atoms with van der Waals surface area (Å²) in [4.78, 5) is 0. The number of fused-ring (bicyclic) bond motifs is 5. The Bertz CT molecular complexity index is 466. The van der Waals surface area contributed by atoms with E-state index in [2.05, 4.69) is 13.8 Å². The Morgan fingerprint density at radius 3 is 2.52 bits per heavy atom. The van der Waals surface area contributed by atoms with Gasteiger partial charge in [0.15, 0.2) is 0 Å². The average molecular weight is 322 g/mol. The summed E-state index contributed by atoms with van der Waals surface area (Å²) in [6.07, 6.45) is 8.70. The molecule has 0 aromatic heterocycles. The number of hydrogen-bond acceptors (Lipinski definition) is 3. The van der Waals surface area contributed by atoms with Crippen molar-refractivity contribution < 1.29 is 14.9 Å². The van der Waals surface area contributed by atoms with E-state index in [9.17, 15) is 10.2 Å².